The van der Waals surface area contributed by atoms with Gasteiger partial charge in [0.1, 0.15) is 0 Å². The third-order valence-corrected chi connectivity index (χ3v) is 3.95. The highest BCUT2D eigenvalue weighted by Gasteiger charge is 2.18. The van der Waals surface area contributed by atoms with Gasteiger partial charge in [-0.2, -0.15) is 16.9 Å². The van der Waals surface area contributed by atoms with E-state index in [4.69, 9.17) is 0 Å². The number of amides is 1. The first-order valence-electron chi connectivity index (χ1n) is 5.79. The van der Waals surface area contributed by atoms with Gasteiger partial charge in [0.25, 0.3) is 0 Å². The molecule has 2 heterocycles. The Morgan fingerprint density at radius 2 is 2.33 bits per heavy atom. The van der Waals surface area contributed by atoms with Gasteiger partial charge >= 0.3 is 0 Å². The molecule has 1 aromatic heterocycles. The van der Waals surface area contributed by atoms with Crippen LogP contribution in [0.3, 0.4) is 0 Å². The number of H-pyrrole nitrogens is 1. The first-order valence-corrected chi connectivity index (χ1v) is 6.95. The van der Waals surface area contributed by atoms with Gasteiger partial charge in [0.05, 0.1) is 17.1 Å². The molecule has 2 rings (SSSR count). The first kappa shape index (κ1) is 15.3. The average molecular weight is 291 g/mol. The van der Waals surface area contributed by atoms with Crippen LogP contribution in [0.15, 0.2) is 0 Å². The second-order valence-corrected chi connectivity index (χ2v) is 5.44. The number of anilines is 1. The maximum absolute atomic E-state index is 11.9. The SMILES string of the molecule is Cc1n[nH]c(C)c1NC(=O)CC1CSCCN1.Cl. The minimum atomic E-state index is 0. The molecule has 102 valence electrons. The molecule has 0 spiro atoms. The first-order chi connectivity index (χ1) is 8.16. The Hall–Kier alpha value is -0.720. The smallest absolute Gasteiger partial charge is 0.226 e. The van der Waals surface area contributed by atoms with E-state index in [9.17, 15) is 4.79 Å². The fourth-order valence-electron chi connectivity index (χ4n) is 1.90. The molecule has 0 aliphatic carbocycles. The van der Waals surface area contributed by atoms with Gasteiger partial charge in [-0.15, -0.1) is 12.4 Å². The molecule has 0 saturated carbocycles. The van der Waals surface area contributed by atoms with Crippen LogP contribution in [0.2, 0.25) is 0 Å². The van der Waals surface area contributed by atoms with E-state index in [0.29, 0.717) is 12.5 Å². The molecule has 3 N–H and O–H groups in total. The van der Waals surface area contributed by atoms with Crippen LogP contribution in [0.5, 0.6) is 0 Å². The molecule has 7 heteroatoms. The number of carbonyl (C=O) groups excluding carboxylic acids is 1. The van der Waals surface area contributed by atoms with Crippen molar-refractivity contribution in [2.24, 2.45) is 0 Å². The Bertz CT molecular complexity index is 384. The summed E-state index contributed by atoms with van der Waals surface area (Å²) in [5.74, 6) is 2.20. The minimum absolute atomic E-state index is 0. The van der Waals surface area contributed by atoms with Gasteiger partial charge in [-0.05, 0) is 13.8 Å². The zero-order valence-corrected chi connectivity index (χ0v) is 12.2. The lowest BCUT2D eigenvalue weighted by Crippen LogP contribution is -2.39. The number of hydrogen-bond donors (Lipinski definition) is 3. The normalized spacial score (nSPS) is 19.1. The van der Waals surface area contributed by atoms with E-state index >= 15 is 0 Å². The predicted octanol–water partition coefficient (Wildman–Crippen LogP) is 1.48. The molecule has 5 nitrogen and oxygen atoms in total. The minimum Gasteiger partial charge on any atom is -0.323 e. The largest absolute Gasteiger partial charge is 0.323 e. The van der Waals surface area contributed by atoms with Crippen LogP contribution in [0.1, 0.15) is 17.8 Å². The van der Waals surface area contributed by atoms with Crippen molar-refractivity contribution in [3.8, 4) is 0 Å². The van der Waals surface area contributed by atoms with E-state index in [0.717, 1.165) is 35.1 Å². The molecule has 1 fully saturated rings. The third-order valence-electron chi connectivity index (χ3n) is 2.82. The van der Waals surface area contributed by atoms with Crippen molar-refractivity contribution in [3.05, 3.63) is 11.4 Å². The second kappa shape index (κ2) is 7.01. The van der Waals surface area contributed by atoms with Crippen molar-refractivity contribution in [1.82, 2.24) is 15.5 Å². The van der Waals surface area contributed by atoms with Crippen molar-refractivity contribution in [1.29, 1.82) is 0 Å². The lowest BCUT2D eigenvalue weighted by atomic mass is 10.2. The number of carbonyl (C=O) groups is 1. The molecule has 1 unspecified atom stereocenters. The Morgan fingerprint density at radius 1 is 1.56 bits per heavy atom. The van der Waals surface area contributed by atoms with Crippen LogP contribution in [0.25, 0.3) is 0 Å². The number of hydrogen-bond acceptors (Lipinski definition) is 4. The number of nitrogens with one attached hydrogen (secondary N) is 3. The summed E-state index contributed by atoms with van der Waals surface area (Å²) in [7, 11) is 0. The maximum atomic E-state index is 11.9. The summed E-state index contributed by atoms with van der Waals surface area (Å²) in [4.78, 5) is 11.9. The zero-order valence-electron chi connectivity index (χ0n) is 10.6. The van der Waals surface area contributed by atoms with Crippen LogP contribution < -0.4 is 10.6 Å². The molecular weight excluding hydrogens is 272 g/mol. The monoisotopic (exact) mass is 290 g/mol. The fraction of sp³-hybridized carbons (Fsp3) is 0.636. The lowest BCUT2D eigenvalue weighted by Gasteiger charge is -2.22. The van der Waals surface area contributed by atoms with Crippen LogP contribution in [-0.2, 0) is 4.79 Å². The molecule has 0 aromatic carbocycles. The molecule has 1 saturated heterocycles. The summed E-state index contributed by atoms with van der Waals surface area (Å²) in [5, 5.41) is 13.2. The van der Waals surface area contributed by atoms with Crippen LogP contribution in [-0.4, -0.2) is 40.2 Å². The molecule has 1 aliphatic rings. The molecule has 1 atom stereocenters. The topological polar surface area (TPSA) is 69.8 Å². The van der Waals surface area contributed by atoms with Gasteiger partial charge < -0.3 is 10.6 Å². The summed E-state index contributed by atoms with van der Waals surface area (Å²) >= 11 is 1.90. The van der Waals surface area contributed by atoms with E-state index in [1.807, 2.05) is 25.6 Å². The number of nitrogens with zero attached hydrogens (tertiary/aromatic N) is 1. The van der Waals surface area contributed by atoms with Gasteiger partial charge in [-0.1, -0.05) is 0 Å². The van der Waals surface area contributed by atoms with E-state index in [1.165, 1.54) is 0 Å². The van der Waals surface area contributed by atoms with Crippen molar-refractivity contribution >= 4 is 35.8 Å². The highest BCUT2D eigenvalue weighted by Crippen LogP contribution is 2.17. The zero-order chi connectivity index (χ0) is 12.3. The van der Waals surface area contributed by atoms with Gasteiger partial charge in [0.15, 0.2) is 0 Å². The Kier molecular flexibility index (Phi) is 5.98. The van der Waals surface area contributed by atoms with E-state index in [-0.39, 0.29) is 18.3 Å². The summed E-state index contributed by atoms with van der Waals surface area (Å²) < 4.78 is 0. The van der Waals surface area contributed by atoms with Gasteiger partial charge in [-0.25, -0.2) is 0 Å². The summed E-state index contributed by atoms with van der Waals surface area (Å²) in [6, 6.07) is 0.293. The number of aromatic amines is 1. The number of aromatic nitrogens is 2. The van der Waals surface area contributed by atoms with E-state index < -0.39 is 0 Å². The highest BCUT2D eigenvalue weighted by molar-refractivity contribution is 7.99. The van der Waals surface area contributed by atoms with Gasteiger partial charge in [0, 0.05) is 30.5 Å². The molecule has 0 radical (unpaired) electrons. The van der Waals surface area contributed by atoms with E-state index in [2.05, 4.69) is 20.8 Å². The predicted molar refractivity (Wildman–Crippen MR) is 77.7 cm³/mol. The lowest BCUT2D eigenvalue weighted by molar-refractivity contribution is -0.116. The average Bonchev–Trinajstić information content (AvgIpc) is 2.62. The van der Waals surface area contributed by atoms with E-state index in [1.54, 1.807) is 0 Å². The van der Waals surface area contributed by atoms with Crippen LogP contribution >= 0.6 is 24.2 Å². The summed E-state index contributed by atoms with van der Waals surface area (Å²) in [6.07, 6.45) is 0.525. The molecule has 18 heavy (non-hydrogen) atoms. The standard InChI is InChI=1S/C11H18N4OS.ClH/c1-7-11(8(2)15-14-7)13-10(16)5-9-6-17-4-3-12-9;/h9,12H,3-6H2,1-2H3,(H,13,16)(H,14,15);1H. The number of thioether (sulfide) groups is 1. The molecule has 0 bridgehead atoms. The molecule has 1 aliphatic heterocycles. The number of rotatable bonds is 3. The third kappa shape index (κ3) is 3.90. The summed E-state index contributed by atoms with van der Waals surface area (Å²) in [5.41, 5.74) is 2.56. The Labute approximate surface area is 117 Å². The number of aryl methyl sites for hydroxylation is 2. The second-order valence-electron chi connectivity index (χ2n) is 4.29. The van der Waals surface area contributed by atoms with Crippen LogP contribution in [0, 0.1) is 13.8 Å². The van der Waals surface area contributed by atoms with Crippen LogP contribution in [0.4, 0.5) is 5.69 Å². The van der Waals surface area contributed by atoms with Crippen molar-refractivity contribution in [3.63, 3.8) is 0 Å². The van der Waals surface area contributed by atoms with Crippen molar-refractivity contribution < 1.29 is 4.79 Å². The fourth-order valence-corrected chi connectivity index (χ4v) is 2.85. The Morgan fingerprint density at radius 3 is 2.89 bits per heavy atom. The van der Waals surface area contributed by atoms with Crippen molar-refractivity contribution in [2.75, 3.05) is 23.4 Å². The van der Waals surface area contributed by atoms with Gasteiger partial charge in [0.2, 0.25) is 5.91 Å². The highest BCUT2D eigenvalue weighted by atomic mass is 35.5. The Balaban J connectivity index is 0.00000162. The van der Waals surface area contributed by atoms with Crippen molar-refractivity contribution in [2.45, 2.75) is 26.3 Å². The molecular formula is C11H19ClN4OS. The summed E-state index contributed by atoms with van der Waals surface area (Å²) in [6.45, 7) is 4.78. The molecule has 1 amide bonds. The molecule has 1 aromatic rings. The van der Waals surface area contributed by atoms with Gasteiger partial charge in [-0.3, -0.25) is 9.89 Å². The number of halogens is 1. The maximum Gasteiger partial charge on any atom is 0.226 e. The quantitative estimate of drug-likeness (QED) is 0.789.